The average molecular weight is 415 g/mol. The van der Waals surface area contributed by atoms with E-state index >= 15 is 0 Å². The van der Waals surface area contributed by atoms with Crippen LogP contribution in [0.1, 0.15) is 20.8 Å². The lowest BCUT2D eigenvalue weighted by atomic mass is 10.0. The Balaban J connectivity index is 1.51. The molecule has 2 aromatic carbocycles. The largest absolute Gasteiger partial charge is 0.508 e. The number of thiophene rings is 1. The molecule has 3 aromatic rings. The Morgan fingerprint density at radius 3 is 2.54 bits per heavy atom. The molecule has 1 aliphatic rings. The van der Waals surface area contributed by atoms with Gasteiger partial charge in [0, 0.05) is 24.2 Å². The second-order valence-corrected chi connectivity index (χ2v) is 9.35. The van der Waals surface area contributed by atoms with Gasteiger partial charge in [-0.2, -0.15) is 4.31 Å². The molecular formula is C20H18N2O4S2. The van der Waals surface area contributed by atoms with Crippen LogP contribution in [-0.4, -0.2) is 30.3 Å². The first-order valence-electron chi connectivity index (χ1n) is 8.69. The number of sulfonamides is 1. The van der Waals surface area contributed by atoms with Crippen molar-refractivity contribution in [3.63, 3.8) is 0 Å². The molecule has 0 fully saturated rings. The molecule has 144 valence electrons. The van der Waals surface area contributed by atoms with Crippen LogP contribution in [0.15, 0.2) is 64.9 Å². The number of nitrogens with zero attached hydrogens (tertiary/aromatic N) is 1. The van der Waals surface area contributed by atoms with Crippen molar-refractivity contribution in [1.29, 1.82) is 0 Å². The van der Waals surface area contributed by atoms with E-state index in [1.807, 2.05) is 24.3 Å². The Labute approximate surface area is 167 Å². The van der Waals surface area contributed by atoms with Gasteiger partial charge in [0.15, 0.2) is 0 Å². The van der Waals surface area contributed by atoms with Crippen LogP contribution in [0.3, 0.4) is 0 Å². The number of carbonyl (C=O) groups is 1. The first kappa shape index (κ1) is 18.7. The molecule has 0 bridgehead atoms. The van der Waals surface area contributed by atoms with Crippen LogP contribution in [0.25, 0.3) is 0 Å². The molecule has 1 aliphatic heterocycles. The summed E-state index contributed by atoms with van der Waals surface area (Å²) in [7, 11) is -3.67. The van der Waals surface area contributed by atoms with E-state index in [4.69, 9.17) is 0 Å². The molecule has 28 heavy (non-hydrogen) atoms. The van der Waals surface area contributed by atoms with Gasteiger partial charge in [-0.3, -0.25) is 4.79 Å². The second kappa shape index (κ2) is 7.38. The number of hydrogen-bond donors (Lipinski definition) is 2. The molecule has 4 rings (SSSR count). The zero-order valence-corrected chi connectivity index (χ0v) is 16.5. The SMILES string of the molecule is O=C(Nc1ccc(O)cc1)c1cc(S(=O)(=O)N2CCc3ccccc3C2)cs1. The number of carbonyl (C=O) groups excluding carboxylic acids is 1. The minimum atomic E-state index is -3.67. The molecule has 0 atom stereocenters. The van der Waals surface area contributed by atoms with Crippen molar-refractivity contribution in [2.24, 2.45) is 0 Å². The molecule has 0 unspecified atom stereocenters. The number of amides is 1. The van der Waals surface area contributed by atoms with Crippen LogP contribution in [0, 0.1) is 0 Å². The molecule has 1 amide bonds. The number of anilines is 1. The highest BCUT2D eigenvalue weighted by molar-refractivity contribution is 7.89. The fraction of sp³-hybridized carbons (Fsp3) is 0.150. The number of phenolic OH excluding ortho intramolecular Hbond substituents is 1. The molecule has 0 radical (unpaired) electrons. The summed E-state index contributed by atoms with van der Waals surface area (Å²) >= 11 is 1.09. The Morgan fingerprint density at radius 1 is 1.07 bits per heavy atom. The van der Waals surface area contributed by atoms with Gasteiger partial charge in [0.1, 0.15) is 5.75 Å². The van der Waals surface area contributed by atoms with Crippen LogP contribution < -0.4 is 5.32 Å². The summed E-state index contributed by atoms with van der Waals surface area (Å²) in [5.74, 6) is -0.285. The first-order chi connectivity index (χ1) is 13.4. The zero-order chi connectivity index (χ0) is 19.7. The van der Waals surface area contributed by atoms with E-state index in [2.05, 4.69) is 5.32 Å². The summed E-state index contributed by atoms with van der Waals surface area (Å²) in [5, 5.41) is 13.5. The van der Waals surface area contributed by atoms with Crippen molar-refractivity contribution in [1.82, 2.24) is 4.31 Å². The molecule has 0 saturated heterocycles. The van der Waals surface area contributed by atoms with Gasteiger partial charge in [-0.05, 0) is 47.9 Å². The highest BCUT2D eigenvalue weighted by Gasteiger charge is 2.29. The Kier molecular flexibility index (Phi) is 4.92. The third-order valence-electron chi connectivity index (χ3n) is 4.66. The highest BCUT2D eigenvalue weighted by atomic mass is 32.2. The third-order valence-corrected chi connectivity index (χ3v) is 7.56. The number of nitrogens with one attached hydrogen (secondary N) is 1. The molecule has 1 aromatic heterocycles. The maximum atomic E-state index is 13.0. The molecule has 0 spiro atoms. The normalized spacial score (nSPS) is 14.4. The van der Waals surface area contributed by atoms with Crippen molar-refractivity contribution in [3.05, 3.63) is 76.0 Å². The summed E-state index contributed by atoms with van der Waals surface area (Å²) in [6.45, 7) is 0.758. The van der Waals surface area contributed by atoms with Gasteiger partial charge in [0.2, 0.25) is 10.0 Å². The third kappa shape index (κ3) is 3.66. The predicted molar refractivity (Wildman–Crippen MR) is 108 cm³/mol. The van der Waals surface area contributed by atoms with Crippen LogP contribution in [0.4, 0.5) is 5.69 Å². The van der Waals surface area contributed by atoms with Crippen LogP contribution in [-0.2, 0) is 23.0 Å². The molecule has 6 nitrogen and oxygen atoms in total. The Bertz CT molecular complexity index is 1120. The zero-order valence-electron chi connectivity index (χ0n) is 14.8. The standard InChI is InChI=1S/C20H18N2O4S2/c23-17-7-5-16(6-8-17)21-20(24)19-11-18(13-27-19)28(25,26)22-10-9-14-3-1-2-4-15(14)12-22/h1-8,11,13,23H,9-10,12H2,(H,21,24). The monoisotopic (exact) mass is 414 g/mol. The molecular weight excluding hydrogens is 396 g/mol. The van der Waals surface area contributed by atoms with Gasteiger partial charge in [0.05, 0.1) is 9.77 Å². The molecule has 2 N–H and O–H groups in total. The predicted octanol–water partition coefficient (Wildman–Crippen LogP) is 3.45. The van der Waals surface area contributed by atoms with Gasteiger partial charge < -0.3 is 10.4 Å². The van der Waals surface area contributed by atoms with E-state index in [0.717, 1.165) is 16.9 Å². The van der Waals surface area contributed by atoms with Crippen LogP contribution in [0.5, 0.6) is 5.75 Å². The van der Waals surface area contributed by atoms with E-state index < -0.39 is 10.0 Å². The summed E-state index contributed by atoms with van der Waals surface area (Å²) in [5.41, 5.74) is 2.71. The van der Waals surface area contributed by atoms with Crippen molar-refractivity contribution in [2.75, 3.05) is 11.9 Å². The maximum absolute atomic E-state index is 13.0. The molecule has 0 saturated carbocycles. The lowest BCUT2D eigenvalue weighted by molar-refractivity contribution is 0.103. The average Bonchev–Trinajstić information content (AvgIpc) is 3.21. The van der Waals surface area contributed by atoms with E-state index in [1.54, 1.807) is 12.1 Å². The van der Waals surface area contributed by atoms with E-state index in [0.29, 0.717) is 30.1 Å². The lowest BCUT2D eigenvalue weighted by Gasteiger charge is -2.27. The minimum absolute atomic E-state index is 0.102. The number of hydrogen-bond acceptors (Lipinski definition) is 5. The van der Waals surface area contributed by atoms with Crippen LogP contribution in [0.2, 0.25) is 0 Å². The second-order valence-electron chi connectivity index (χ2n) is 6.50. The summed E-state index contributed by atoms with van der Waals surface area (Å²) in [6, 6.07) is 15.3. The van der Waals surface area contributed by atoms with Gasteiger partial charge >= 0.3 is 0 Å². The van der Waals surface area contributed by atoms with Crippen molar-refractivity contribution in [2.45, 2.75) is 17.9 Å². The van der Waals surface area contributed by atoms with Crippen molar-refractivity contribution in [3.8, 4) is 5.75 Å². The van der Waals surface area contributed by atoms with Gasteiger partial charge in [0.25, 0.3) is 5.91 Å². The molecule has 2 heterocycles. The fourth-order valence-corrected chi connectivity index (χ4v) is 5.71. The highest BCUT2D eigenvalue weighted by Crippen LogP contribution is 2.28. The van der Waals surface area contributed by atoms with E-state index in [1.165, 1.54) is 33.4 Å². The number of fused-ring (bicyclic) bond motifs is 1. The lowest BCUT2D eigenvalue weighted by Crippen LogP contribution is -2.35. The van der Waals surface area contributed by atoms with Crippen molar-refractivity contribution >= 4 is 33.0 Å². The topological polar surface area (TPSA) is 86.7 Å². The maximum Gasteiger partial charge on any atom is 0.265 e. The summed E-state index contributed by atoms with van der Waals surface area (Å²) in [6.07, 6.45) is 0.674. The number of phenols is 1. The Hall–Kier alpha value is -2.68. The first-order valence-corrected chi connectivity index (χ1v) is 11.0. The van der Waals surface area contributed by atoms with Gasteiger partial charge in [-0.1, -0.05) is 24.3 Å². The smallest absolute Gasteiger partial charge is 0.265 e. The Morgan fingerprint density at radius 2 is 1.79 bits per heavy atom. The van der Waals surface area contributed by atoms with Crippen LogP contribution >= 0.6 is 11.3 Å². The van der Waals surface area contributed by atoms with Gasteiger partial charge in [-0.25, -0.2) is 8.42 Å². The number of rotatable bonds is 4. The number of benzene rings is 2. The summed E-state index contributed by atoms with van der Waals surface area (Å²) < 4.78 is 27.5. The fourth-order valence-electron chi connectivity index (χ4n) is 3.13. The van der Waals surface area contributed by atoms with Gasteiger partial charge in [-0.15, -0.1) is 11.3 Å². The summed E-state index contributed by atoms with van der Waals surface area (Å²) in [4.78, 5) is 12.8. The molecule has 0 aliphatic carbocycles. The minimum Gasteiger partial charge on any atom is -0.508 e. The van der Waals surface area contributed by atoms with E-state index in [9.17, 15) is 18.3 Å². The van der Waals surface area contributed by atoms with Crippen molar-refractivity contribution < 1.29 is 18.3 Å². The molecule has 8 heteroatoms. The van der Waals surface area contributed by atoms with E-state index in [-0.39, 0.29) is 16.6 Å². The number of aromatic hydroxyl groups is 1. The quantitative estimate of drug-likeness (QED) is 0.640.